The Morgan fingerprint density at radius 1 is 1.04 bits per heavy atom. The van der Waals surface area contributed by atoms with E-state index < -0.39 is 17.1 Å². The Balaban J connectivity index is 1.96. The van der Waals surface area contributed by atoms with Gasteiger partial charge in [0.2, 0.25) is 5.88 Å². The van der Waals surface area contributed by atoms with E-state index in [1.165, 1.54) is 6.21 Å². The molecular formula is C21H22N4O3. The number of benzene rings is 2. The van der Waals surface area contributed by atoms with Crippen LogP contribution in [0.2, 0.25) is 0 Å². The van der Waals surface area contributed by atoms with E-state index in [2.05, 4.69) is 28.7 Å². The van der Waals surface area contributed by atoms with Crippen molar-refractivity contribution in [3.8, 4) is 11.6 Å². The first-order valence-electron chi connectivity index (χ1n) is 9.08. The lowest BCUT2D eigenvalue weighted by molar-refractivity contribution is 0.430. The van der Waals surface area contributed by atoms with E-state index in [1.807, 2.05) is 24.3 Å². The second-order valence-corrected chi connectivity index (χ2v) is 6.11. The number of H-pyrrole nitrogens is 1. The average Bonchev–Trinajstić information content (AvgIpc) is 2.70. The molecule has 1 heterocycles. The SMILES string of the molecule is CCN(CC)c1ccc(N=Cc2c(O)n(-c3ccccc3)c(=O)[nH]c2=O)cc1. The summed E-state index contributed by atoms with van der Waals surface area (Å²) < 4.78 is 1.03. The highest BCUT2D eigenvalue weighted by molar-refractivity contribution is 5.84. The second kappa shape index (κ2) is 8.39. The van der Waals surface area contributed by atoms with Crippen molar-refractivity contribution in [3.05, 3.63) is 81.0 Å². The summed E-state index contributed by atoms with van der Waals surface area (Å²) in [5.74, 6) is -0.455. The van der Waals surface area contributed by atoms with Gasteiger partial charge in [0.15, 0.2) is 0 Å². The highest BCUT2D eigenvalue weighted by Gasteiger charge is 2.13. The first-order valence-corrected chi connectivity index (χ1v) is 9.08. The molecule has 7 nitrogen and oxygen atoms in total. The predicted molar refractivity (Wildman–Crippen MR) is 112 cm³/mol. The van der Waals surface area contributed by atoms with Crippen LogP contribution in [0.25, 0.3) is 5.69 Å². The normalized spacial score (nSPS) is 11.1. The Bertz CT molecular complexity index is 1080. The van der Waals surface area contributed by atoms with Crippen LogP contribution in [0.15, 0.2) is 69.2 Å². The summed E-state index contributed by atoms with van der Waals surface area (Å²) >= 11 is 0. The molecule has 0 aliphatic heterocycles. The summed E-state index contributed by atoms with van der Waals surface area (Å²) in [5.41, 5.74) is 0.665. The van der Waals surface area contributed by atoms with Gasteiger partial charge < -0.3 is 10.0 Å². The van der Waals surface area contributed by atoms with Crippen LogP contribution in [-0.2, 0) is 0 Å². The summed E-state index contributed by atoms with van der Waals surface area (Å²) in [7, 11) is 0. The molecule has 0 aliphatic rings. The van der Waals surface area contributed by atoms with Crippen LogP contribution in [-0.4, -0.2) is 34.0 Å². The second-order valence-electron chi connectivity index (χ2n) is 6.11. The fourth-order valence-corrected chi connectivity index (χ4v) is 2.95. The van der Waals surface area contributed by atoms with E-state index >= 15 is 0 Å². The van der Waals surface area contributed by atoms with Gasteiger partial charge in [0.05, 0.1) is 11.4 Å². The van der Waals surface area contributed by atoms with Crippen LogP contribution in [0, 0.1) is 0 Å². The number of hydrogen-bond donors (Lipinski definition) is 2. The molecule has 0 aliphatic carbocycles. The molecule has 144 valence electrons. The van der Waals surface area contributed by atoms with Gasteiger partial charge in [0, 0.05) is 25.0 Å². The van der Waals surface area contributed by atoms with Crippen molar-refractivity contribution in [3.63, 3.8) is 0 Å². The first kappa shape index (κ1) is 19.2. The van der Waals surface area contributed by atoms with Crippen molar-refractivity contribution >= 4 is 17.6 Å². The zero-order chi connectivity index (χ0) is 20.1. The van der Waals surface area contributed by atoms with E-state index in [9.17, 15) is 14.7 Å². The summed E-state index contributed by atoms with van der Waals surface area (Å²) in [6.07, 6.45) is 1.26. The summed E-state index contributed by atoms with van der Waals surface area (Å²) in [4.78, 5) is 33.0. The van der Waals surface area contributed by atoms with Gasteiger partial charge in [-0.1, -0.05) is 18.2 Å². The number of aliphatic imine (C=N–C) groups is 1. The molecule has 2 aromatic carbocycles. The monoisotopic (exact) mass is 378 g/mol. The van der Waals surface area contributed by atoms with Crippen molar-refractivity contribution in [1.82, 2.24) is 9.55 Å². The zero-order valence-corrected chi connectivity index (χ0v) is 15.8. The fraction of sp³-hybridized carbons (Fsp3) is 0.190. The first-order chi connectivity index (χ1) is 13.5. The molecule has 28 heavy (non-hydrogen) atoms. The molecule has 0 atom stereocenters. The Kier molecular flexibility index (Phi) is 5.74. The minimum Gasteiger partial charge on any atom is -0.493 e. The van der Waals surface area contributed by atoms with Gasteiger partial charge >= 0.3 is 5.69 Å². The van der Waals surface area contributed by atoms with Crippen molar-refractivity contribution in [2.75, 3.05) is 18.0 Å². The number of aromatic hydroxyl groups is 1. The van der Waals surface area contributed by atoms with Crippen LogP contribution in [0.4, 0.5) is 11.4 Å². The van der Waals surface area contributed by atoms with Crippen molar-refractivity contribution in [1.29, 1.82) is 0 Å². The van der Waals surface area contributed by atoms with E-state index in [1.54, 1.807) is 30.3 Å². The Morgan fingerprint density at radius 2 is 1.68 bits per heavy atom. The topological polar surface area (TPSA) is 90.7 Å². The fourth-order valence-electron chi connectivity index (χ4n) is 2.95. The lowest BCUT2D eigenvalue weighted by Gasteiger charge is -2.20. The molecular weight excluding hydrogens is 356 g/mol. The lowest BCUT2D eigenvalue weighted by atomic mass is 10.2. The van der Waals surface area contributed by atoms with Gasteiger partial charge in [-0.2, -0.15) is 0 Å². The molecule has 0 saturated carbocycles. The minimum atomic E-state index is -0.713. The predicted octanol–water partition coefficient (Wildman–Crippen LogP) is 2.83. The lowest BCUT2D eigenvalue weighted by Crippen LogP contribution is -2.31. The highest BCUT2D eigenvalue weighted by atomic mass is 16.3. The molecule has 7 heteroatoms. The molecule has 3 aromatic rings. The number of nitrogens with zero attached hydrogens (tertiary/aromatic N) is 3. The smallest absolute Gasteiger partial charge is 0.335 e. The van der Waals surface area contributed by atoms with Gasteiger partial charge in [-0.25, -0.2) is 9.36 Å². The standard InChI is InChI=1S/C21H22N4O3/c1-3-24(4-2)16-12-10-15(11-13-16)22-14-18-19(26)23-21(28)25(20(18)27)17-8-6-5-7-9-17/h5-14,27H,3-4H2,1-2H3,(H,23,26,28). The van der Waals surface area contributed by atoms with Crippen LogP contribution in [0.1, 0.15) is 19.4 Å². The maximum Gasteiger partial charge on any atom is 0.335 e. The van der Waals surface area contributed by atoms with Crippen molar-refractivity contribution < 1.29 is 5.11 Å². The van der Waals surface area contributed by atoms with Crippen LogP contribution in [0.3, 0.4) is 0 Å². The van der Waals surface area contributed by atoms with Gasteiger partial charge in [-0.05, 0) is 50.2 Å². The summed E-state index contributed by atoms with van der Waals surface area (Å²) in [6.45, 7) is 5.99. The number of rotatable bonds is 6. The number of aromatic nitrogens is 2. The Labute approximate surface area is 162 Å². The van der Waals surface area contributed by atoms with Crippen molar-refractivity contribution in [2.45, 2.75) is 13.8 Å². The molecule has 2 N–H and O–H groups in total. The third-order valence-electron chi connectivity index (χ3n) is 4.46. The van der Waals surface area contributed by atoms with Crippen LogP contribution in [0.5, 0.6) is 5.88 Å². The maximum atomic E-state index is 12.2. The molecule has 0 bridgehead atoms. The molecule has 0 saturated heterocycles. The molecule has 3 rings (SSSR count). The van der Waals surface area contributed by atoms with Gasteiger partial charge in [0.1, 0.15) is 5.56 Å². The number of anilines is 1. The molecule has 1 aromatic heterocycles. The quantitative estimate of drug-likeness (QED) is 0.646. The molecule has 0 radical (unpaired) electrons. The molecule has 0 spiro atoms. The van der Waals surface area contributed by atoms with E-state index in [4.69, 9.17) is 0 Å². The van der Waals surface area contributed by atoms with Crippen LogP contribution < -0.4 is 16.1 Å². The Hall–Kier alpha value is -3.61. The molecule has 0 unspecified atom stereocenters. The van der Waals surface area contributed by atoms with Gasteiger partial charge in [-0.3, -0.25) is 14.8 Å². The molecule has 0 amide bonds. The number of aromatic amines is 1. The number of nitrogens with one attached hydrogen (secondary N) is 1. The number of para-hydroxylation sites is 1. The highest BCUT2D eigenvalue weighted by Crippen LogP contribution is 2.20. The summed E-state index contributed by atoms with van der Waals surface area (Å²) in [6, 6.07) is 16.2. The Morgan fingerprint density at radius 3 is 2.29 bits per heavy atom. The third kappa shape index (κ3) is 3.88. The van der Waals surface area contributed by atoms with Gasteiger partial charge in [-0.15, -0.1) is 0 Å². The summed E-state index contributed by atoms with van der Waals surface area (Å²) in [5, 5.41) is 10.5. The minimum absolute atomic E-state index is 0.0868. The number of hydrogen-bond acceptors (Lipinski definition) is 5. The van der Waals surface area contributed by atoms with E-state index in [0.717, 1.165) is 23.3 Å². The van der Waals surface area contributed by atoms with E-state index in [-0.39, 0.29) is 5.56 Å². The third-order valence-corrected chi connectivity index (χ3v) is 4.46. The largest absolute Gasteiger partial charge is 0.493 e. The maximum absolute atomic E-state index is 12.2. The molecule has 0 fully saturated rings. The van der Waals surface area contributed by atoms with Crippen LogP contribution >= 0.6 is 0 Å². The van der Waals surface area contributed by atoms with Crippen molar-refractivity contribution in [2.24, 2.45) is 4.99 Å². The van der Waals surface area contributed by atoms with Gasteiger partial charge in [0.25, 0.3) is 5.56 Å². The zero-order valence-electron chi connectivity index (χ0n) is 15.8. The average molecular weight is 378 g/mol. The van der Waals surface area contributed by atoms with E-state index in [0.29, 0.717) is 11.4 Å².